The molecule has 1 atom stereocenters. The molecule has 0 aliphatic carbocycles. The Bertz CT molecular complexity index is 696. The Hall–Kier alpha value is -1.76. The normalized spacial score (nSPS) is 19.9. The number of hydrogen-bond donors (Lipinski definition) is 3. The van der Waals surface area contributed by atoms with Crippen LogP contribution in [-0.4, -0.2) is 30.5 Å². The third kappa shape index (κ3) is 3.50. The molecular formula is C18H22N4OS. The summed E-state index contributed by atoms with van der Waals surface area (Å²) >= 11 is 1.57. The molecule has 2 aromatic rings. The maximum atomic E-state index is 12.4. The van der Waals surface area contributed by atoms with Gasteiger partial charge in [0.15, 0.2) is 5.13 Å². The Balaban J connectivity index is 1.39. The average Bonchev–Trinajstić information content (AvgIpc) is 3.24. The summed E-state index contributed by atoms with van der Waals surface area (Å²) in [5.41, 5.74) is 3.11. The van der Waals surface area contributed by atoms with Crippen molar-refractivity contribution in [1.82, 2.24) is 15.6 Å². The van der Waals surface area contributed by atoms with Crippen LogP contribution in [0.2, 0.25) is 0 Å². The molecule has 4 rings (SSSR count). The summed E-state index contributed by atoms with van der Waals surface area (Å²) in [5.74, 6) is 0.642. The minimum absolute atomic E-state index is 0.0804. The molecule has 5 nitrogen and oxygen atoms in total. The molecule has 1 fully saturated rings. The van der Waals surface area contributed by atoms with Gasteiger partial charge in [0.05, 0.1) is 5.69 Å². The summed E-state index contributed by atoms with van der Waals surface area (Å²) in [6.45, 7) is 4.04. The van der Waals surface area contributed by atoms with Crippen LogP contribution in [0.3, 0.4) is 0 Å². The summed E-state index contributed by atoms with van der Waals surface area (Å²) < 4.78 is 0. The third-order valence-corrected chi connectivity index (χ3v) is 5.74. The minimum atomic E-state index is -0.0804. The Kier molecular flexibility index (Phi) is 4.60. The quantitative estimate of drug-likeness (QED) is 0.797. The number of nitrogens with one attached hydrogen (secondary N) is 3. The first-order chi connectivity index (χ1) is 11.8. The van der Waals surface area contributed by atoms with Crippen LogP contribution in [0.15, 0.2) is 24.3 Å². The summed E-state index contributed by atoms with van der Waals surface area (Å²) in [4.78, 5) is 18.2. The van der Waals surface area contributed by atoms with Crippen LogP contribution < -0.4 is 16.0 Å². The van der Waals surface area contributed by atoms with Crippen molar-refractivity contribution in [2.24, 2.45) is 5.92 Å². The highest BCUT2D eigenvalue weighted by Gasteiger charge is 2.17. The molecule has 2 aliphatic rings. The van der Waals surface area contributed by atoms with E-state index in [1.165, 1.54) is 16.9 Å². The van der Waals surface area contributed by atoms with E-state index in [-0.39, 0.29) is 5.91 Å². The number of aromatic nitrogens is 1. The molecule has 1 aromatic carbocycles. The van der Waals surface area contributed by atoms with Crippen LogP contribution in [0, 0.1) is 5.92 Å². The van der Waals surface area contributed by atoms with Gasteiger partial charge in [-0.25, -0.2) is 4.98 Å². The standard InChI is InChI=1S/C18H22N4OS/c23-17(22-18-21-15-6-8-20-11-16(15)24-18)14-3-1-12(2-4-14)9-13-5-7-19-10-13/h1-4,13,19-20H,5-11H2,(H,21,22,23). The van der Waals surface area contributed by atoms with Crippen molar-refractivity contribution >= 4 is 22.4 Å². The van der Waals surface area contributed by atoms with E-state index < -0.39 is 0 Å². The number of hydrogen-bond acceptors (Lipinski definition) is 5. The fourth-order valence-corrected chi connectivity index (χ4v) is 4.34. The van der Waals surface area contributed by atoms with Crippen molar-refractivity contribution in [3.63, 3.8) is 0 Å². The zero-order valence-corrected chi connectivity index (χ0v) is 14.4. The molecule has 1 saturated heterocycles. The van der Waals surface area contributed by atoms with Gasteiger partial charge in [-0.15, -0.1) is 11.3 Å². The van der Waals surface area contributed by atoms with Crippen molar-refractivity contribution in [1.29, 1.82) is 0 Å². The van der Waals surface area contributed by atoms with Crippen molar-refractivity contribution in [2.45, 2.75) is 25.8 Å². The van der Waals surface area contributed by atoms with E-state index in [1.807, 2.05) is 12.1 Å². The number of amides is 1. The molecule has 0 spiro atoms. The van der Waals surface area contributed by atoms with Crippen LogP contribution in [0.25, 0.3) is 0 Å². The zero-order valence-electron chi connectivity index (χ0n) is 13.6. The van der Waals surface area contributed by atoms with Gasteiger partial charge in [0.1, 0.15) is 0 Å². The van der Waals surface area contributed by atoms with Gasteiger partial charge in [0.2, 0.25) is 0 Å². The maximum absolute atomic E-state index is 12.4. The van der Waals surface area contributed by atoms with E-state index in [9.17, 15) is 4.79 Å². The number of carbonyl (C=O) groups is 1. The molecule has 0 saturated carbocycles. The first-order valence-corrected chi connectivity index (χ1v) is 9.40. The first kappa shape index (κ1) is 15.7. The SMILES string of the molecule is O=C(Nc1nc2c(s1)CNCC2)c1ccc(CC2CCNC2)cc1. The number of rotatable bonds is 4. The van der Waals surface area contributed by atoms with Gasteiger partial charge in [-0.1, -0.05) is 12.1 Å². The number of anilines is 1. The van der Waals surface area contributed by atoms with E-state index in [0.29, 0.717) is 10.7 Å². The lowest BCUT2D eigenvalue weighted by molar-refractivity contribution is 0.102. The second-order valence-corrected chi connectivity index (χ2v) is 7.61. The van der Waals surface area contributed by atoms with Crippen LogP contribution in [-0.2, 0) is 19.4 Å². The number of nitrogens with zero attached hydrogens (tertiary/aromatic N) is 1. The van der Waals surface area contributed by atoms with Crippen LogP contribution in [0.5, 0.6) is 0 Å². The van der Waals surface area contributed by atoms with Crippen LogP contribution in [0.1, 0.15) is 32.9 Å². The van der Waals surface area contributed by atoms with Gasteiger partial charge in [-0.2, -0.15) is 0 Å². The summed E-state index contributed by atoms with van der Waals surface area (Å²) in [6.07, 6.45) is 3.26. The molecule has 0 radical (unpaired) electrons. The highest BCUT2D eigenvalue weighted by molar-refractivity contribution is 7.15. The Labute approximate surface area is 145 Å². The highest BCUT2D eigenvalue weighted by Crippen LogP contribution is 2.25. The molecule has 6 heteroatoms. The zero-order chi connectivity index (χ0) is 16.4. The second-order valence-electron chi connectivity index (χ2n) is 6.53. The van der Waals surface area contributed by atoms with E-state index in [1.54, 1.807) is 11.3 Å². The molecule has 2 aliphatic heterocycles. The predicted molar refractivity (Wildman–Crippen MR) is 96.6 cm³/mol. The molecule has 3 N–H and O–H groups in total. The fraction of sp³-hybridized carbons (Fsp3) is 0.444. The topological polar surface area (TPSA) is 66.0 Å². The number of benzene rings is 1. The molecule has 0 bridgehead atoms. The fourth-order valence-electron chi connectivity index (χ4n) is 3.36. The van der Waals surface area contributed by atoms with Gasteiger partial charge < -0.3 is 10.6 Å². The summed E-state index contributed by atoms with van der Waals surface area (Å²) in [7, 11) is 0. The number of thiazole rings is 1. The van der Waals surface area contributed by atoms with Gasteiger partial charge in [-0.3, -0.25) is 10.1 Å². The summed E-state index contributed by atoms with van der Waals surface area (Å²) in [6, 6.07) is 7.98. The van der Waals surface area contributed by atoms with Gasteiger partial charge in [-0.05, 0) is 49.5 Å². The van der Waals surface area contributed by atoms with Crippen molar-refractivity contribution in [2.75, 3.05) is 25.0 Å². The van der Waals surface area contributed by atoms with E-state index in [2.05, 4.69) is 33.1 Å². The molecular weight excluding hydrogens is 320 g/mol. The number of carbonyl (C=O) groups excluding carboxylic acids is 1. The molecule has 1 unspecified atom stereocenters. The lowest BCUT2D eigenvalue weighted by Gasteiger charge is -2.09. The van der Waals surface area contributed by atoms with E-state index in [4.69, 9.17) is 0 Å². The highest BCUT2D eigenvalue weighted by atomic mass is 32.1. The van der Waals surface area contributed by atoms with E-state index in [0.717, 1.165) is 50.6 Å². The Morgan fingerprint density at radius 2 is 2.12 bits per heavy atom. The second kappa shape index (κ2) is 7.01. The minimum Gasteiger partial charge on any atom is -0.316 e. The lowest BCUT2D eigenvalue weighted by atomic mass is 9.98. The Morgan fingerprint density at radius 1 is 1.25 bits per heavy atom. The molecule has 3 heterocycles. The van der Waals surface area contributed by atoms with Crippen molar-refractivity contribution in [3.05, 3.63) is 46.0 Å². The van der Waals surface area contributed by atoms with Gasteiger partial charge in [0.25, 0.3) is 5.91 Å². The largest absolute Gasteiger partial charge is 0.316 e. The monoisotopic (exact) mass is 342 g/mol. The Morgan fingerprint density at radius 3 is 2.88 bits per heavy atom. The smallest absolute Gasteiger partial charge is 0.257 e. The average molecular weight is 342 g/mol. The third-order valence-electron chi connectivity index (χ3n) is 4.73. The van der Waals surface area contributed by atoms with Crippen LogP contribution in [0.4, 0.5) is 5.13 Å². The maximum Gasteiger partial charge on any atom is 0.257 e. The van der Waals surface area contributed by atoms with Crippen molar-refractivity contribution in [3.8, 4) is 0 Å². The molecule has 126 valence electrons. The van der Waals surface area contributed by atoms with Gasteiger partial charge >= 0.3 is 0 Å². The molecule has 1 amide bonds. The summed E-state index contributed by atoms with van der Waals surface area (Å²) in [5, 5.41) is 10.4. The lowest BCUT2D eigenvalue weighted by Crippen LogP contribution is -2.22. The van der Waals surface area contributed by atoms with E-state index >= 15 is 0 Å². The number of fused-ring (bicyclic) bond motifs is 1. The van der Waals surface area contributed by atoms with Crippen LogP contribution >= 0.6 is 11.3 Å². The van der Waals surface area contributed by atoms with Crippen molar-refractivity contribution < 1.29 is 4.79 Å². The first-order valence-electron chi connectivity index (χ1n) is 8.58. The molecule has 1 aromatic heterocycles. The van der Waals surface area contributed by atoms with Gasteiger partial charge in [0, 0.05) is 30.0 Å². The molecule has 24 heavy (non-hydrogen) atoms. The predicted octanol–water partition coefficient (Wildman–Crippen LogP) is 2.19.